The first kappa shape index (κ1) is 21.7. The molecule has 0 aliphatic rings. The zero-order valence-electron chi connectivity index (χ0n) is 12.0. The van der Waals surface area contributed by atoms with E-state index in [0.29, 0.717) is 0 Å². The number of nitrogens with zero attached hydrogens (tertiary/aromatic N) is 1. The van der Waals surface area contributed by atoms with Gasteiger partial charge in [0.25, 0.3) is 0 Å². The fraction of sp³-hybridized carbons (Fsp3) is 0.769. The van der Waals surface area contributed by atoms with Crippen LogP contribution in [0, 0.1) is 0 Å². The lowest BCUT2D eigenvalue weighted by Gasteiger charge is -2.35. The van der Waals surface area contributed by atoms with E-state index in [4.69, 9.17) is 0 Å². The van der Waals surface area contributed by atoms with Crippen molar-refractivity contribution in [1.82, 2.24) is 0 Å². The Hall–Kier alpha value is -0.540. The second kappa shape index (κ2) is 13.5. The van der Waals surface area contributed by atoms with Crippen LogP contribution in [0.3, 0.4) is 0 Å². The van der Waals surface area contributed by atoms with E-state index in [-0.39, 0.29) is 12.4 Å². The largest absolute Gasteiger partial charge is 1.00 e. The van der Waals surface area contributed by atoms with Crippen molar-refractivity contribution in [3.63, 3.8) is 0 Å². The minimum atomic E-state index is -0.391. The van der Waals surface area contributed by atoms with Crippen LogP contribution in [0.15, 0.2) is 12.2 Å². The Labute approximate surface area is 113 Å². The number of hydrogen-bond acceptors (Lipinski definition) is 1. The van der Waals surface area contributed by atoms with E-state index < -0.39 is 5.91 Å². The standard InChI is InChI=1S/C9H22N.C4H7NO.ClH/c1-5-9-10(6-2,7-3)8-4;1-2-3-4(5)6;/h5-9H2,1-4H3;2-3H,1H3,(H2,5,6);1H/q+1;;/p-1. The molecule has 0 saturated carbocycles. The number of carbonyl (C=O) groups excluding carboxylic acids is 1. The summed E-state index contributed by atoms with van der Waals surface area (Å²) in [5.74, 6) is -0.391. The van der Waals surface area contributed by atoms with E-state index in [0.717, 1.165) is 0 Å². The summed E-state index contributed by atoms with van der Waals surface area (Å²) in [6.07, 6.45) is 4.22. The van der Waals surface area contributed by atoms with E-state index in [2.05, 4.69) is 33.4 Å². The lowest BCUT2D eigenvalue weighted by atomic mass is 10.3. The van der Waals surface area contributed by atoms with Crippen molar-refractivity contribution in [3.8, 4) is 0 Å². The van der Waals surface area contributed by atoms with Gasteiger partial charge in [-0.1, -0.05) is 13.0 Å². The van der Waals surface area contributed by atoms with Gasteiger partial charge in [-0.2, -0.15) is 0 Å². The van der Waals surface area contributed by atoms with Crippen LogP contribution < -0.4 is 18.1 Å². The zero-order chi connectivity index (χ0) is 13.0. The highest BCUT2D eigenvalue weighted by Crippen LogP contribution is 2.06. The van der Waals surface area contributed by atoms with Gasteiger partial charge in [0, 0.05) is 0 Å². The quantitative estimate of drug-likeness (QED) is 0.502. The highest BCUT2D eigenvalue weighted by Gasteiger charge is 2.17. The van der Waals surface area contributed by atoms with Gasteiger partial charge in [-0.3, -0.25) is 4.79 Å². The minimum absolute atomic E-state index is 0. The van der Waals surface area contributed by atoms with Crippen LogP contribution in [-0.2, 0) is 4.79 Å². The lowest BCUT2D eigenvalue weighted by molar-refractivity contribution is -0.923. The average molecular weight is 265 g/mol. The average Bonchev–Trinajstić information content (AvgIpc) is 2.27. The Bertz CT molecular complexity index is 193. The molecule has 0 aromatic heterocycles. The molecule has 0 rings (SSSR count). The molecule has 0 fully saturated rings. The third-order valence-electron chi connectivity index (χ3n) is 3.04. The maximum atomic E-state index is 9.73. The van der Waals surface area contributed by atoms with E-state index in [1.807, 2.05) is 0 Å². The van der Waals surface area contributed by atoms with Crippen LogP contribution >= 0.6 is 0 Å². The normalized spacial score (nSPS) is 10.4. The van der Waals surface area contributed by atoms with Gasteiger partial charge in [0.05, 0.1) is 26.2 Å². The number of halogens is 1. The fourth-order valence-corrected chi connectivity index (χ4v) is 1.78. The Morgan fingerprint density at radius 3 is 1.59 bits per heavy atom. The molecule has 0 aromatic rings. The van der Waals surface area contributed by atoms with E-state index >= 15 is 0 Å². The maximum absolute atomic E-state index is 9.73. The summed E-state index contributed by atoms with van der Waals surface area (Å²) in [5.41, 5.74) is 4.68. The van der Waals surface area contributed by atoms with Crippen molar-refractivity contribution in [3.05, 3.63) is 12.2 Å². The molecular weight excluding hydrogens is 236 g/mol. The molecule has 0 unspecified atom stereocenters. The molecule has 17 heavy (non-hydrogen) atoms. The van der Waals surface area contributed by atoms with Crippen LogP contribution in [0.1, 0.15) is 41.0 Å². The Morgan fingerprint density at radius 1 is 1.12 bits per heavy atom. The predicted molar refractivity (Wildman–Crippen MR) is 71.0 cm³/mol. The van der Waals surface area contributed by atoms with Crippen molar-refractivity contribution in [1.29, 1.82) is 0 Å². The monoisotopic (exact) mass is 264 g/mol. The van der Waals surface area contributed by atoms with Crippen LogP contribution in [-0.4, -0.2) is 36.6 Å². The smallest absolute Gasteiger partial charge is 0.241 e. The second-order valence-electron chi connectivity index (χ2n) is 3.92. The molecule has 104 valence electrons. The molecular formula is C13H29ClN2O. The van der Waals surface area contributed by atoms with Crippen molar-refractivity contribution >= 4 is 5.91 Å². The molecule has 0 aromatic carbocycles. The fourth-order valence-electron chi connectivity index (χ4n) is 1.78. The third-order valence-corrected chi connectivity index (χ3v) is 3.04. The van der Waals surface area contributed by atoms with Gasteiger partial charge in [0.1, 0.15) is 0 Å². The van der Waals surface area contributed by atoms with Gasteiger partial charge in [0.2, 0.25) is 5.91 Å². The Balaban J connectivity index is -0.000000244. The second-order valence-corrected chi connectivity index (χ2v) is 3.92. The summed E-state index contributed by atoms with van der Waals surface area (Å²) in [5, 5.41) is 0. The molecule has 0 bridgehead atoms. The van der Waals surface area contributed by atoms with Gasteiger partial charge in [-0.25, -0.2) is 0 Å². The van der Waals surface area contributed by atoms with Crippen molar-refractivity contribution < 1.29 is 21.7 Å². The molecule has 0 heterocycles. The summed E-state index contributed by atoms with van der Waals surface area (Å²) >= 11 is 0. The SMILES string of the molecule is CC=CC(N)=O.CCC[N+](CC)(CC)CC.[Cl-]. The van der Waals surface area contributed by atoms with E-state index in [1.165, 1.54) is 43.2 Å². The van der Waals surface area contributed by atoms with Crippen molar-refractivity contribution in [2.45, 2.75) is 41.0 Å². The van der Waals surface area contributed by atoms with E-state index in [1.54, 1.807) is 13.0 Å². The third kappa shape index (κ3) is 11.7. The number of quaternary nitrogens is 1. The van der Waals surface area contributed by atoms with Crippen LogP contribution in [0.5, 0.6) is 0 Å². The molecule has 0 radical (unpaired) electrons. The summed E-state index contributed by atoms with van der Waals surface area (Å²) in [4.78, 5) is 9.73. The van der Waals surface area contributed by atoms with Crippen molar-refractivity contribution in [2.75, 3.05) is 26.2 Å². The summed E-state index contributed by atoms with van der Waals surface area (Å²) in [6.45, 7) is 16.1. The number of hydrogen-bond donors (Lipinski definition) is 1. The number of primary amides is 1. The first-order valence-electron chi connectivity index (χ1n) is 6.29. The van der Waals surface area contributed by atoms with Gasteiger partial charge in [-0.15, -0.1) is 0 Å². The summed E-state index contributed by atoms with van der Waals surface area (Å²) in [6, 6.07) is 0. The molecule has 1 amide bonds. The highest BCUT2D eigenvalue weighted by molar-refractivity contribution is 5.85. The molecule has 3 nitrogen and oxygen atoms in total. The van der Waals surface area contributed by atoms with Crippen LogP contribution in [0.25, 0.3) is 0 Å². The van der Waals surface area contributed by atoms with Gasteiger partial charge in [-0.05, 0) is 40.2 Å². The molecule has 0 spiro atoms. The van der Waals surface area contributed by atoms with Gasteiger partial charge >= 0.3 is 0 Å². The van der Waals surface area contributed by atoms with Crippen LogP contribution in [0.4, 0.5) is 0 Å². The van der Waals surface area contributed by atoms with Crippen LogP contribution in [0.2, 0.25) is 0 Å². The maximum Gasteiger partial charge on any atom is 0.241 e. The number of nitrogens with two attached hydrogens (primary N) is 1. The zero-order valence-corrected chi connectivity index (χ0v) is 12.8. The Kier molecular flexibility index (Phi) is 17.3. The predicted octanol–water partition coefficient (Wildman–Crippen LogP) is -0.675. The minimum Gasteiger partial charge on any atom is -1.00 e. The number of rotatable bonds is 6. The molecule has 0 saturated heterocycles. The topological polar surface area (TPSA) is 43.1 Å². The first-order chi connectivity index (χ1) is 7.51. The van der Waals surface area contributed by atoms with Gasteiger partial charge < -0.3 is 22.6 Å². The molecule has 0 atom stereocenters. The number of allylic oxidation sites excluding steroid dienone is 1. The molecule has 0 aliphatic carbocycles. The van der Waals surface area contributed by atoms with E-state index in [9.17, 15) is 4.79 Å². The first-order valence-corrected chi connectivity index (χ1v) is 6.29. The molecule has 4 heteroatoms. The number of carbonyl (C=O) groups is 1. The number of amides is 1. The summed E-state index contributed by atoms with van der Waals surface area (Å²) < 4.78 is 1.30. The lowest BCUT2D eigenvalue weighted by Crippen LogP contribution is -3.00. The molecule has 2 N–H and O–H groups in total. The van der Waals surface area contributed by atoms with Crippen molar-refractivity contribution in [2.24, 2.45) is 5.73 Å². The molecule has 0 aliphatic heterocycles. The Morgan fingerprint density at radius 2 is 1.53 bits per heavy atom. The highest BCUT2D eigenvalue weighted by atomic mass is 35.5. The van der Waals surface area contributed by atoms with Gasteiger partial charge in [0.15, 0.2) is 0 Å². The summed E-state index contributed by atoms with van der Waals surface area (Å²) in [7, 11) is 0.